The van der Waals surface area contributed by atoms with Crippen LogP contribution in [0.1, 0.15) is 32.3 Å². The Hall–Kier alpha value is -1.36. The molecule has 1 aliphatic rings. The van der Waals surface area contributed by atoms with Crippen LogP contribution in [0.2, 0.25) is 0 Å². The molecule has 2 unspecified atom stereocenters. The van der Waals surface area contributed by atoms with Crippen LogP contribution in [0.15, 0.2) is 29.2 Å². The summed E-state index contributed by atoms with van der Waals surface area (Å²) in [4.78, 5) is 11.4. The molecule has 0 aliphatic heterocycles. The lowest BCUT2D eigenvalue weighted by Crippen LogP contribution is -2.57. The zero-order valence-electron chi connectivity index (χ0n) is 14.8. The van der Waals surface area contributed by atoms with Gasteiger partial charge < -0.3 is 11.1 Å². The first-order chi connectivity index (χ1) is 11.9. The summed E-state index contributed by atoms with van der Waals surface area (Å²) in [6, 6.07) is 2.56. The molecule has 0 heterocycles. The largest absolute Gasteiger partial charge is 0.417 e. The number of nitrogens with two attached hydrogens (primary N) is 1. The van der Waals surface area contributed by atoms with Crippen molar-refractivity contribution in [2.24, 2.45) is 11.7 Å². The predicted octanol–water partition coefficient (Wildman–Crippen LogP) is 2.04. The molecule has 11 heteroatoms. The Morgan fingerprint density at radius 1 is 1.30 bits per heavy atom. The maximum Gasteiger partial charge on any atom is 0.417 e. The highest BCUT2D eigenvalue weighted by atomic mass is 35.5. The molecule has 27 heavy (non-hydrogen) atoms. The molecule has 0 bridgehead atoms. The van der Waals surface area contributed by atoms with Crippen molar-refractivity contribution in [2.45, 2.75) is 49.3 Å². The molecule has 0 spiro atoms. The first-order valence-corrected chi connectivity index (χ1v) is 9.59. The minimum absolute atomic E-state index is 0. The van der Waals surface area contributed by atoms with Crippen molar-refractivity contribution >= 4 is 28.3 Å². The number of rotatable bonds is 7. The van der Waals surface area contributed by atoms with E-state index < -0.39 is 44.1 Å². The number of nitrogens with one attached hydrogen (secondary N) is 2. The van der Waals surface area contributed by atoms with E-state index in [2.05, 4.69) is 5.32 Å². The first kappa shape index (κ1) is 23.7. The Kier molecular flexibility index (Phi) is 7.31. The van der Waals surface area contributed by atoms with Gasteiger partial charge in [-0.1, -0.05) is 12.1 Å². The number of halogens is 4. The van der Waals surface area contributed by atoms with E-state index in [1.165, 1.54) is 13.0 Å². The summed E-state index contributed by atoms with van der Waals surface area (Å²) < 4.78 is 65.9. The number of sulfonamides is 1. The molecule has 6 nitrogen and oxygen atoms in total. The molecule has 0 aromatic heterocycles. The minimum atomic E-state index is -4.83. The van der Waals surface area contributed by atoms with Gasteiger partial charge in [-0.05, 0) is 44.7 Å². The number of amides is 1. The lowest BCUT2D eigenvalue weighted by atomic mass is 9.95. The van der Waals surface area contributed by atoms with E-state index in [1.807, 2.05) is 4.72 Å². The Bertz CT molecular complexity index is 785. The SMILES string of the molecule is CC(NS(=O)(=O)c1ccccc1C(F)(F)F)C(=O)NC(C)(CN)C1CC1.Cl. The summed E-state index contributed by atoms with van der Waals surface area (Å²) in [6.07, 6.45) is -3.01. The van der Waals surface area contributed by atoms with E-state index in [0.717, 1.165) is 25.0 Å². The van der Waals surface area contributed by atoms with Crippen LogP contribution in [0, 0.1) is 5.92 Å². The summed E-state index contributed by atoms with van der Waals surface area (Å²) in [5.74, 6) is -0.427. The molecule has 1 saturated carbocycles. The van der Waals surface area contributed by atoms with Crippen molar-refractivity contribution in [1.29, 1.82) is 0 Å². The minimum Gasteiger partial charge on any atom is -0.348 e. The highest BCUT2D eigenvalue weighted by Gasteiger charge is 2.43. The average Bonchev–Trinajstić information content (AvgIpc) is 3.38. The summed E-state index contributed by atoms with van der Waals surface area (Å²) in [6.45, 7) is 3.22. The Balaban J connectivity index is 0.00000364. The smallest absolute Gasteiger partial charge is 0.348 e. The van der Waals surface area contributed by atoms with Gasteiger partial charge in [0, 0.05) is 6.54 Å². The van der Waals surface area contributed by atoms with Crippen molar-refractivity contribution in [3.8, 4) is 0 Å². The fourth-order valence-corrected chi connectivity index (χ4v) is 4.15. The second kappa shape index (κ2) is 8.34. The molecule has 1 fully saturated rings. The van der Waals surface area contributed by atoms with Gasteiger partial charge in [-0.25, -0.2) is 8.42 Å². The highest BCUT2D eigenvalue weighted by molar-refractivity contribution is 7.89. The van der Waals surface area contributed by atoms with E-state index in [0.29, 0.717) is 6.07 Å². The fourth-order valence-electron chi connectivity index (χ4n) is 2.71. The summed E-state index contributed by atoms with van der Waals surface area (Å²) >= 11 is 0. The second-order valence-electron chi connectivity index (χ2n) is 6.72. The zero-order valence-corrected chi connectivity index (χ0v) is 16.5. The lowest BCUT2D eigenvalue weighted by Gasteiger charge is -2.31. The van der Waals surface area contributed by atoms with Gasteiger partial charge >= 0.3 is 6.18 Å². The molecule has 1 aromatic rings. The molecule has 2 rings (SSSR count). The van der Waals surface area contributed by atoms with Crippen LogP contribution in [0.4, 0.5) is 13.2 Å². The summed E-state index contributed by atoms with van der Waals surface area (Å²) in [5.41, 5.74) is 3.75. The molecule has 0 radical (unpaired) electrons. The quantitative estimate of drug-likeness (QED) is 0.617. The van der Waals surface area contributed by atoms with E-state index in [4.69, 9.17) is 5.73 Å². The van der Waals surface area contributed by atoms with Gasteiger partial charge in [0.25, 0.3) is 0 Å². The van der Waals surface area contributed by atoms with Crippen LogP contribution < -0.4 is 15.8 Å². The standard InChI is InChI=1S/C16H22F3N3O3S.ClH/c1-10(14(23)21-15(2,9-20)11-7-8-11)22-26(24,25)13-6-4-3-5-12(13)16(17,18)19;/h3-6,10-11,22H,7-9,20H2,1-2H3,(H,21,23);1H. The van der Waals surface area contributed by atoms with Gasteiger partial charge in [0.15, 0.2) is 0 Å². The van der Waals surface area contributed by atoms with Crippen LogP contribution in [0.5, 0.6) is 0 Å². The van der Waals surface area contributed by atoms with Gasteiger partial charge in [0.2, 0.25) is 15.9 Å². The van der Waals surface area contributed by atoms with Crippen LogP contribution >= 0.6 is 12.4 Å². The van der Waals surface area contributed by atoms with Crippen molar-refractivity contribution in [2.75, 3.05) is 6.54 Å². The average molecular weight is 430 g/mol. The molecule has 4 N–H and O–H groups in total. The Morgan fingerprint density at radius 2 is 1.85 bits per heavy atom. The van der Waals surface area contributed by atoms with Gasteiger partial charge in [-0.2, -0.15) is 17.9 Å². The van der Waals surface area contributed by atoms with Gasteiger partial charge in [-0.3, -0.25) is 4.79 Å². The molecule has 154 valence electrons. The zero-order chi connectivity index (χ0) is 19.8. The summed E-state index contributed by atoms with van der Waals surface area (Å²) in [5, 5.41) is 2.71. The van der Waals surface area contributed by atoms with Crippen molar-refractivity contribution in [1.82, 2.24) is 10.0 Å². The molecule has 0 saturated heterocycles. The van der Waals surface area contributed by atoms with Crippen molar-refractivity contribution in [3.05, 3.63) is 29.8 Å². The molecule has 2 atom stereocenters. The van der Waals surface area contributed by atoms with E-state index in [1.54, 1.807) is 6.92 Å². The third-order valence-corrected chi connectivity index (χ3v) is 6.12. The monoisotopic (exact) mass is 429 g/mol. The van der Waals surface area contributed by atoms with Gasteiger partial charge in [-0.15, -0.1) is 12.4 Å². The number of hydrogen-bond acceptors (Lipinski definition) is 4. The van der Waals surface area contributed by atoms with E-state index >= 15 is 0 Å². The molecule has 1 amide bonds. The third kappa shape index (κ3) is 5.56. The predicted molar refractivity (Wildman–Crippen MR) is 96.8 cm³/mol. The maximum absolute atomic E-state index is 13.1. The van der Waals surface area contributed by atoms with E-state index in [9.17, 15) is 26.4 Å². The first-order valence-electron chi connectivity index (χ1n) is 8.11. The number of carbonyl (C=O) groups is 1. The number of carbonyl (C=O) groups excluding carboxylic acids is 1. The highest BCUT2D eigenvalue weighted by Crippen LogP contribution is 2.39. The fraction of sp³-hybridized carbons (Fsp3) is 0.562. The number of benzene rings is 1. The Morgan fingerprint density at radius 3 is 2.33 bits per heavy atom. The number of hydrogen-bond donors (Lipinski definition) is 3. The van der Waals surface area contributed by atoms with E-state index in [-0.39, 0.29) is 24.9 Å². The molecule has 1 aliphatic carbocycles. The third-order valence-electron chi connectivity index (χ3n) is 4.52. The molecule has 1 aromatic carbocycles. The normalized spacial score (nSPS) is 18.1. The topological polar surface area (TPSA) is 101 Å². The maximum atomic E-state index is 13.1. The van der Waals surface area contributed by atoms with Crippen LogP contribution in [-0.2, 0) is 21.0 Å². The van der Waals surface area contributed by atoms with Gasteiger partial charge in [0.05, 0.1) is 22.0 Å². The van der Waals surface area contributed by atoms with Crippen molar-refractivity contribution < 1.29 is 26.4 Å². The van der Waals surface area contributed by atoms with Gasteiger partial charge in [0.1, 0.15) is 0 Å². The van der Waals surface area contributed by atoms with Crippen molar-refractivity contribution in [3.63, 3.8) is 0 Å². The summed E-state index contributed by atoms with van der Waals surface area (Å²) in [7, 11) is -4.55. The molecular weight excluding hydrogens is 407 g/mol. The Labute approximate surface area is 162 Å². The van der Waals surface area contributed by atoms with Crippen LogP contribution in [0.3, 0.4) is 0 Å². The number of alkyl halides is 3. The molecular formula is C16H23ClF3N3O3S. The van der Waals surface area contributed by atoms with Crippen LogP contribution in [-0.4, -0.2) is 32.5 Å². The lowest BCUT2D eigenvalue weighted by molar-refractivity contribution is -0.139. The van der Waals surface area contributed by atoms with Crippen LogP contribution in [0.25, 0.3) is 0 Å². The second-order valence-corrected chi connectivity index (χ2v) is 8.40.